The maximum atomic E-state index is 10.2. The molecule has 2 heteroatoms. The molecule has 20 heavy (non-hydrogen) atoms. The first-order valence-corrected chi connectivity index (χ1v) is 8.23. The third-order valence-electron chi connectivity index (χ3n) is 5.24. The Morgan fingerprint density at radius 1 is 0.950 bits per heavy atom. The molecule has 1 saturated heterocycles. The molecule has 2 atom stereocenters. The standard InChI is InChI=1S/C18H27NO/c1-14-6-8-15(9-7-14)16-10-12-19(13-11-16)17-4-2-3-5-18(17)20/h6-9,16-18,20H,2-5,10-13H2,1H3/t17-,18-/m1/s1. The van der Waals surface area contributed by atoms with Crippen LogP contribution >= 0.6 is 0 Å². The molecule has 2 aliphatic rings. The molecule has 1 N–H and O–H groups in total. The summed E-state index contributed by atoms with van der Waals surface area (Å²) in [5, 5.41) is 10.2. The highest BCUT2D eigenvalue weighted by Crippen LogP contribution is 2.32. The van der Waals surface area contributed by atoms with Crippen LogP contribution in [-0.4, -0.2) is 35.2 Å². The number of aliphatic hydroxyl groups excluding tert-OH is 1. The summed E-state index contributed by atoms with van der Waals surface area (Å²) in [4.78, 5) is 2.55. The van der Waals surface area contributed by atoms with Crippen molar-refractivity contribution < 1.29 is 5.11 Å². The first-order chi connectivity index (χ1) is 9.74. The van der Waals surface area contributed by atoms with Gasteiger partial charge in [0.15, 0.2) is 0 Å². The summed E-state index contributed by atoms with van der Waals surface area (Å²) >= 11 is 0. The predicted molar refractivity (Wildman–Crippen MR) is 83.0 cm³/mol. The highest BCUT2D eigenvalue weighted by molar-refractivity contribution is 5.25. The highest BCUT2D eigenvalue weighted by Gasteiger charge is 2.31. The van der Waals surface area contributed by atoms with E-state index in [4.69, 9.17) is 0 Å². The zero-order valence-corrected chi connectivity index (χ0v) is 12.6. The largest absolute Gasteiger partial charge is 0.391 e. The number of rotatable bonds is 2. The van der Waals surface area contributed by atoms with Gasteiger partial charge in [-0.15, -0.1) is 0 Å². The molecule has 1 aromatic rings. The van der Waals surface area contributed by atoms with E-state index in [-0.39, 0.29) is 6.10 Å². The van der Waals surface area contributed by atoms with Crippen molar-refractivity contribution in [1.29, 1.82) is 0 Å². The van der Waals surface area contributed by atoms with Crippen molar-refractivity contribution in [2.24, 2.45) is 0 Å². The van der Waals surface area contributed by atoms with Crippen molar-refractivity contribution >= 4 is 0 Å². The lowest BCUT2D eigenvalue weighted by Crippen LogP contribution is -2.48. The molecule has 1 heterocycles. The average Bonchev–Trinajstić information content (AvgIpc) is 2.49. The van der Waals surface area contributed by atoms with Crippen molar-refractivity contribution in [2.75, 3.05) is 13.1 Å². The maximum absolute atomic E-state index is 10.2. The van der Waals surface area contributed by atoms with Crippen LogP contribution in [0.3, 0.4) is 0 Å². The third kappa shape index (κ3) is 3.07. The van der Waals surface area contributed by atoms with E-state index in [1.54, 1.807) is 0 Å². The lowest BCUT2D eigenvalue weighted by molar-refractivity contribution is 0.00871. The Bertz CT molecular complexity index is 420. The Kier molecular flexibility index (Phi) is 4.42. The molecule has 3 rings (SSSR count). The van der Waals surface area contributed by atoms with Crippen LogP contribution < -0.4 is 0 Å². The highest BCUT2D eigenvalue weighted by atomic mass is 16.3. The van der Waals surface area contributed by atoms with Crippen LogP contribution in [-0.2, 0) is 0 Å². The van der Waals surface area contributed by atoms with Crippen molar-refractivity contribution in [2.45, 2.75) is 63.5 Å². The van der Waals surface area contributed by atoms with Crippen LogP contribution in [0.2, 0.25) is 0 Å². The monoisotopic (exact) mass is 273 g/mol. The molecule has 0 aromatic heterocycles. The average molecular weight is 273 g/mol. The van der Waals surface area contributed by atoms with Crippen LogP contribution in [0.15, 0.2) is 24.3 Å². The van der Waals surface area contributed by atoms with Crippen molar-refractivity contribution in [3.63, 3.8) is 0 Å². The Labute approximate surface area is 122 Å². The SMILES string of the molecule is Cc1ccc(C2CCN([C@@H]3CCCC[C@H]3O)CC2)cc1. The normalized spacial score (nSPS) is 29.5. The van der Waals surface area contributed by atoms with Crippen LogP contribution in [0.1, 0.15) is 55.6 Å². The molecule has 0 spiro atoms. The van der Waals surface area contributed by atoms with Crippen LogP contribution in [0.4, 0.5) is 0 Å². The maximum Gasteiger partial charge on any atom is 0.0695 e. The fourth-order valence-corrected chi connectivity index (χ4v) is 3.92. The molecule has 0 amide bonds. The smallest absolute Gasteiger partial charge is 0.0695 e. The Hall–Kier alpha value is -0.860. The van der Waals surface area contributed by atoms with E-state index in [1.165, 1.54) is 43.2 Å². The van der Waals surface area contributed by atoms with E-state index in [9.17, 15) is 5.11 Å². The van der Waals surface area contributed by atoms with Crippen LogP contribution in [0, 0.1) is 6.92 Å². The molecule has 1 aliphatic heterocycles. The van der Waals surface area contributed by atoms with E-state index >= 15 is 0 Å². The molecule has 1 aromatic carbocycles. The van der Waals surface area contributed by atoms with E-state index in [2.05, 4.69) is 36.1 Å². The molecule has 0 radical (unpaired) electrons. The number of aliphatic hydroxyl groups is 1. The van der Waals surface area contributed by atoms with Gasteiger partial charge in [-0.3, -0.25) is 4.90 Å². The number of aryl methyl sites for hydroxylation is 1. The lowest BCUT2D eigenvalue weighted by atomic mass is 9.85. The van der Waals surface area contributed by atoms with Gasteiger partial charge < -0.3 is 5.11 Å². The van der Waals surface area contributed by atoms with E-state index in [0.717, 1.165) is 19.5 Å². The van der Waals surface area contributed by atoms with Gasteiger partial charge in [0.05, 0.1) is 6.10 Å². The van der Waals surface area contributed by atoms with Gasteiger partial charge in [0.2, 0.25) is 0 Å². The molecule has 1 aliphatic carbocycles. The summed E-state index contributed by atoms with van der Waals surface area (Å²) < 4.78 is 0. The molecule has 2 nitrogen and oxygen atoms in total. The summed E-state index contributed by atoms with van der Waals surface area (Å²) in [6.45, 7) is 4.46. The Balaban J connectivity index is 1.57. The second kappa shape index (κ2) is 6.28. The molecular formula is C18H27NO. The number of nitrogens with zero attached hydrogens (tertiary/aromatic N) is 1. The van der Waals surface area contributed by atoms with Crippen molar-refractivity contribution in [3.8, 4) is 0 Å². The zero-order chi connectivity index (χ0) is 13.9. The van der Waals surface area contributed by atoms with E-state index < -0.39 is 0 Å². The molecular weight excluding hydrogens is 246 g/mol. The third-order valence-corrected chi connectivity index (χ3v) is 5.24. The molecule has 0 unspecified atom stereocenters. The number of piperidine rings is 1. The molecule has 1 saturated carbocycles. The number of hydrogen-bond donors (Lipinski definition) is 1. The van der Waals surface area contributed by atoms with Gasteiger partial charge in [-0.2, -0.15) is 0 Å². The number of benzene rings is 1. The van der Waals surface area contributed by atoms with Gasteiger partial charge in [-0.05, 0) is 57.2 Å². The van der Waals surface area contributed by atoms with Gasteiger partial charge >= 0.3 is 0 Å². The van der Waals surface area contributed by atoms with Gasteiger partial charge in [0, 0.05) is 6.04 Å². The summed E-state index contributed by atoms with van der Waals surface area (Å²) in [6.07, 6.45) is 7.09. The van der Waals surface area contributed by atoms with Crippen LogP contribution in [0.25, 0.3) is 0 Å². The number of hydrogen-bond acceptors (Lipinski definition) is 2. The van der Waals surface area contributed by atoms with Gasteiger partial charge in [-0.25, -0.2) is 0 Å². The van der Waals surface area contributed by atoms with Crippen LogP contribution in [0.5, 0.6) is 0 Å². The molecule has 110 valence electrons. The van der Waals surface area contributed by atoms with Gasteiger partial charge in [0.25, 0.3) is 0 Å². The second-order valence-corrected chi connectivity index (χ2v) is 6.64. The quantitative estimate of drug-likeness (QED) is 0.892. The topological polar surface area (TPSA) is 23.5 Å². The predicted octanol–water partition coefficient (Wildman–Crippen LogP) is 3.48. The second-order valence-electron chi connectivity index (χ2n) is 6.64. The van der Waals surface area contributed by atoms with Gasteiger partial charge in [-0.1, -0.05) is 42.7 Å². The minimum atomic E-state index is -0.0836. The first-order valence-electron chi connectivity index (χ1n) is 8.23. The summed E-state index contributed by atoms with van der Waals surface area (Å²) in [5.41, 5.74) is 2.84. The Morgan fingerprint density at radius 3 is 2.25 bits per heavy atom. The summed E-state index contributed by atoms with van der Waals surface area (Å²) in [6, 6.07) is 9.48. The van der Waals surface area contributed by atoms with Crippen molar-refractivity contribution in [3.05, 3.63) is 35.4 Å². The minimum absolute atomic E-state index is 0.0836. The molecule has 0 bridgehead atoms. The van der Waals surface area contributed by atoms with Gasteiger partial charge in [0.1, 0.15) is 0 Å². The minimum Gasteiger partial charge on any atom is -0.391 e. The first kappa shape index (κ1) is 14.1. The Morgan fingerprint density at radius 2 is 1.60 bits per heavy atom. The fraction of sp³-hybridized carbons (Fsp3) is 0.667. The van der Waals surface area contributed by atoms with E-state index in [1.807, 2.05) is 0 Å². The zero-order valence-electron chi connectivity index (χ0n) is 12.6. The van der Waals surface area contributed by atoms with Crippen molar-refractivity contribution in [1.82, 2.24) is 4.90 Å². The summed E-state index contributed by atoms with van der Waals surface area (Å²) in [5.74, 6) is 0.715. The van der Waals surface area contributed by atoms with E-state index in [0.29, 0.717) is 12.0 Å². The fourth-order valence-electron chi connectivity index (χ4n) is 3.92. The number of likely N-dealkylation sites (tertiary alicyclic amines) is 1. The lowest BCUT2D eigenvalue weighted by Gasteiger charge is -2.41. The molecule has 2 fully saturated rings. The summed E-state index contributed by atoms with van der Waals surface area (Å²) in [7, 11) is 0.